The van der Waals surface area contributed by atoms with Crippen molar-refractivity contribution in [1.82, 2.24) is 19.4 Å². The first-order valence-electron chi connectivity index (χ1n) is 11.9. The van der Waals surface area contributed by atoms with Crippen LogP contribution < -0.4 is 10.2 Å². The summed E-state index contributed by atoms with van der Waals surface area (Å²) in [6.07, 6.45) is 4.57. The third-order valence-corrected chi connectivity index (χ3v) is 6.99. The van der Waals surface area contributed by atoms with Crippen molar-refractivity contribution in [3.63, 3.8) is 0 Å². The van der Waals surface area contributed by atoms with Crippen molar-refractivity contribution < 1.29 is 13.2 Å². The zero-order valence-electron chi connectivity index (χ0n) is 19.2. The fourth-order valence-corrected chi connectivity index (χ4v) is 5.26. The number of alkyl halides is 2. The maximum absolute atomic E-state index is 13.4. The van der Waals surface area contributed by atoms with E-state index in [2.05, 4.69) is 54.8 Å². The van der Waals surface area contributed by atoms with Crippen molar-refractivity contribution in [2.24, 2.45) is 5.92 Å². The van der Waals surface area contributed by atoms with Gasteiger partial charge in [0.05, 0.1) is 17.9 Å². The summed E-state index contributed by atoms with van der Waals surface area (Å²) in [6, 6.07) is 15.2. The van der Waals surface area contributed by atoms with E-state index < -0.39 is 6.43 Å². The number of hydrogen-bond acceptors (Lipinski definition) is 3. The normalized spacial score (nSPS) is 16.8. The Labute approximate surface area is 201 Å². The third kappa shape index (κ3) is 4.23. The van der Waals surface area contributed by atoms with Crippen LogP contribution >= 0.6 is 0 Å². The predicted octanol–water partition coefficient (Wildman–Crippen LogP) is 5.19. The molecule has 1 saturated heterocycles. The Morgan fingerprint density at radius 1 is 1.06 bits per heavy atom. The van der Waals surface area contributed by atoms with Gasteiger partial charge in [-0.05, 0) is 66.4 Å². The van der Waals surface area contributed by atoms with Crippen LogP contribution in [0.5, 0.6) is 0 Å². The summed E-state index contributed by atoms with van der Waals surface area (Å²) >= 11 is 0. The topological polar surface area (TPSA) is 38.0 Å². The van der Waals surface area contributed by atoms with Gasteiger partial charge >= 0.3 is 0 Å². The van der Waals surface area contributed by atoms with Gasteiger partial charge in [0.25, 0.3) is 6.43 Å². The lowest BCUT2D eigenvalue weighted by Gasteiger charge is -2.21. The summed E-state index contributed by atoms with van der Waals surface area (Å²) in [5.74, 6) is 0.985. The molecule has 1 fully saturated rings. The lowest BCUT2D eigenvalue weighted by atomic mass is 10.1. The number of fused-ring (bicyclic) bond motifs is 5. The number of imidazole rings is 1. The van der Waals surface area contributed by atoms with Gasteiger partial charge in [-0.1, -0.05) is 12.1 Å². The second-order valence-electron chi connectivity index (χ2n) is 9.33. The van der Waals surface area contributed by atoms with Gasteiger partial charge in [0.15, 0.2) is 5.82 Å². The van der Waals surface area contributed by atoms with Crippen LogP contribution in [-0.2, 0) is 6.54 Å². The molecule has 2 aliphatic heterocycles. The predicted molar refractivity (Wildman–Crippen MR) is 131 cm³/mol. The largest absolute Gasteiger partial charge is 0.371 e. The molecule has 2 aliphatic rings. The van der Waals surface area contributed by atoms with Crippen molar-refractivity contribution in [2.75, 3.05) is 31.1 Å². The van der Waals surface area contributed by atoms with E-state index in [0.29, 0.717) is 19.0 Å². The Morgan fingerprint density at radius 2 is 1.91 bits per heavy atom. The van der Waals surface area contributed by atoms with E-state index in [1.807, 2.05) is 12.4 Å². The van der Waals surface area contributed by atoms with E-state index >= 15 is 0 Å². The quantitative estimate of drug-likeness (QED) is 0.366. The second kappa shape index (κ2) is 8.92. The first kappa shape index (κ1) is 22.0. The molecule has 2 aromatic carbocycles. The van der Waals surface area contributed by atoms with E-state index in [-0.39, 0.29) is 12.4 Å². The summed E-state index contributed by atoms with van der Waals surface area (Å²) in [5.41, 5.74) is 6.42. The number of nitrogens with zero attached hydrogens (tertiary/aromatic N) is 4. The molecule has 4 heterocycles. The molecule has 0 spiro atoms. The SMILES string of the molecule is Fc1ccc(-c2cc3n(c2)Cc2cc(N4CCC(CNCC(F)F)C4)ccc2-n2ccnc2-3)cc1. The lowest BCUT2D eigenvalue weighted by Crippen LogP contribution is -2.29. The molecule has 35 heavy (non-hydrogen) atoms. The van der Waals surface area contributed by atoms with Gasteiger partial charge < -0.3 is 14.8 Å². The molecular formula is C27H26F3N5. The van der Waals surface area contributed by atoms with Crippen LogP contribution in [0.2, 0.25) is 0 Å². The van der Waals surface area contributed by atoms with Crippen molar-refractivity contribution in [3.05, 3.63) is 78.5 Å². The number of hydrogen-bond donors (Lipinski definition) is 1. The molecule has 0 radical (unpaired) electrons. The molecule has 0 amide bonds. The zero-order valence-corrected chi connectivity index (χ0v) is 19.2. The van der Waals surface area contributed by atoms with Gasteiger partial charge in [0.1, 0.15) is 5.82 Å². The van der Waals surface area contributed by atoms with Gasteiger partial charge in [0, 0.05) is 49.5 Å². The van der Waals surface area contributed by atoms with Crippen molar-refractivity contribution in [3.8, 4) is 28.3 Å². The van der Waals surface area contributed by atoms with Crippen molar-refractivity contribution in [1.29, 1.82) is 0 Å². The molecule has 5 nitrogen and oxygen atoms in total. The highest BCUT2D eigenvalue weighted by molar-refractivity contribution is 5.72. The molecule has 0 aliphatic carbocycles. The number of anilines is 1. The van der Waals surface area contributed by atoms with Crippen LogP contribution in [0.15, 0.2) is 67.1 Å². The molecule has 0 bridgehead atoms. The van der Waals surface area contributed by atoms with Crippen LogP contribution in [-0.4, -0.2) is 46.7 Å². The van der Waals surface area contributed by atoms with Crippen LogP contribution in [0, 0.1) is 11.7 Å². The highest BCUT2D eigenvalue weighted by atomic mass is 19.3. The Kier molecular flexibility index (Phi) is 5.60. The Balaban J connectivity index is 1.29. The van der Waals surface area contributed by atoms with E-state index in [1.54, 1.807) is 12.1 Å². The third-order valence-electron chi connectivity index (χ3n) is 6.99. The maximum atomic E-state index is 13.4. The summed E-state index contributed by atoms with van der Waals surface area (Å²) in [6.45, 7) is 2.83. The summed E-state index contributed by atoms with van der Waals surface area (Å²) in [5, 5.41) is 2.88. The molecule has 1 unspecified atom stereocenters. The maximum Gasteiger partial charge on any atom is 0.250 e. The van der Waals surface area contributed by atoms with E-state index in [9.17, 15) is 13.2 Å². The lowest BCUT2D eigenvalue weighted by molar-refractivity contribution is 0.144. The monoisotopic (exact) mass is 477 g/mol. The standard InChI is InChI=1S/C27H26F3N5/c28-22-3-1-19(2-4-22)20-12-25-27-32-8-10-35(27)24-6-5-23(11-21(24)17-34(25)16-20)33-9-7-18(15-33)13-31-14-26(29)30/h1-6,8,10-12,16,18,26,31H,7,9,13-15,17H2. The molecule has 0 saturated carbocycles. The molecule has 1 atom stereocenters. The molecule has 180 valence electrons. The number of rotatable bonds is 6. The first-order valence-corrected chi connectivity index (χ1v) is 11.9. The zero-order chi connectivity index (χ0) is 23.9. The van der Waals surface area contributed by atoms with Gasteiger partial charge in [-0.15, -0.1) is 0 Å². The van der Waals surface area contributed by atoms with Gasteiger partial charge in [-0.3, -0.25) is 4.57 Å². The molecule has 2 aromatic heterocycles. The summed E-state index contributed by atoms with van der Waals surface area (Å²) < 4.78 is 42.7. The molecule has 4 aromatic rings. The van der Waals surface area contributed by atoms with E-state index in [4.69, 9.17) is 0 Å². The molecule has 8 heteroatoms. The van der Waals surface area contributed by atoms with Crippen molar-refractivity contribution in [2.45, 2.75) is 19.4 Å². The second-order valence-corrected chi connectivity index (χ2v) is 9.33. The molecule has 6 rings (SSSR count). The van der Waals surface area contributed by atoms with Crippen LogP contribution in [0.25, 0.3) is 28.3 Å². The fourth-order valence-electron chi connectivity index (χ4n) is 5.26. The Morgan fingerprint density at radius 3 is 2.74 bits per heavy atom. The van der Waals surface area contributed by atoms with Crippen LogP contribution in [0.1, 0.15) is 12.0 Å². The van der Waals surface area contributed by atoms with Gasteiger partial charge in [0.2, 0.25) is 0 Å². The van der Waals surface area contributed by atoms with Crippen LogP contribution in [0.3, 0.4) is 0 Å². The highest BCUT2D eigenvalue weighted by Gasteiger charge is 2.25. The Hall–Kier alpha value is -3.52. The summed E-state index contributed by atoms with van der Waals surface area (Å²) in [7, 11) is 0. The first-order chi connectivity index (χ1) is 17.0. The number of nitrogens with one attached hydrogen (secondary N) is 1. The number of aromatic nitrogens is 3. The van der Waals surface area contributed by atoms with E-state index in [1.165, 1.54) is 17.7 Å². The fraction of sp³-hybridized carbons (Fsp3) is 0.296. The van der Waals surface area contributed by atoms with Crippen LogP contribution in [0.4, 0.5) is 18.9 Å². The number of halogens is 3. The molecular weight excluding hydrogens is 451 g/mol. The Bertz CT molecular complexity index is 1340. The summed E-state index contributed by atoms with van der Waals surface area (Å²) in [4.78, 5) is 6.98. The number of benzene rings is 2. The average Bonchev–Trinajstić information content (AvgIpc) is 3.58. The van der Waals surface area contributed by atoms with Gasteiger partial charge in [-0.2, -0.15) is 0 Å². The minimum absolute atomic E-state index is 0.248. The smallest absolute Gasteiger partial charge is 0.250 e. The minimum atomic E-state index is -2.31. The van der Waals surface area contributed by atoms with Crippen molar-refractivity contribution >= 4 is 5.69 Å². The minimum Gasteiger partial charge on any atom is -0.371 e. The van der Waals surface area contributed by atoms with Gasteiger partial charge in [-0.25, -0.2) is 18.2 Å². The average molecular weight is 478 g/mol. The highest BCUT2D eigenvalue weighted by Crippen LogP contribution is 2.36. The van der Waals surface area contributed by atoms with E-state index in [0.717, 1.165) is 53.5 Å². The molecule has 1 N–H and O–H groups in total.